The number of imidazole rings is 1. The largest absolute Gasteiger partial charge is 0.295 e. The van der Waals surface area contributed by atoms with Gasteiger partial charge in [-0.05, 0) is 78.6 Å². The topological polar surface area (TPSA) is 92.8 Å². The molecule has 0 aliphatic heterocycles. The molecule has 0 saturated heterocycles. The van der Waals surface area contributed by atoms with Gasteiger partial charge < -0.3 is 0 Å². The highest BCUT2D eigenvalue weighted by Gasteiger charge is 2.69. The van der Waals surface area contributed by atoms with Crippen LogP contribution in [0.1, 0.15) is 91.8 Å². The average molecular weight is 542 g/mol. The van der Waals surface area contributed by atoms with Crippen LogP contribution in [0.4, 0.5) is 0 Å². The first kappa shape index (κ1) is 27.4. The van der Waals surface area contributed by atoms with Gasteiger partial charge in [0.15, 0.2) is 11.6 Å². The predicted molar refractivity (Wildman–Crippen MR) is 152 cm³/mol. The first-order valence-corrected chi connectivity index (χ1v) is 15.1. The summed E-state index contributed by atoms with van der Waals surface area (Å²) in [6, 6.07) is 2.18. The summed E-state index contributed by atoms with van der Waals surface area (Å²) in [6.45, 7) is 15.3. The third-order valence-corrected chi connectivity index (χ3v) is 12.8. The Kier molecular flexibility index (Phi) is 5.72. The van der Waals surface area contributed by atoms with E-state index in [0.29, 0.717) is 6.42 Å². The molecule has 0 aromatic carbocycles. The van der Waals surface area contributed by atoms with Gasteiger partial charge in [0.25, 0.3) is 0 Å². The molecule has 8 atom stereocenters. The van der Waals surface area contributed by atoms with E-state index in [0.717, 1.165) is 37.7 Å². The number of carbonyl (C=O) groups excluding carboxylic acids is 3. The van der Waals surface area contributed by atoms with Crippen LogP contribution in [0.3, 0.4) is 0 Å². The molecule has 1 aromatic heterocycles. The van der Waals surface area contributed by atoms with Gasteiger partial charge in [0.2, 0.25) is 5.91 Å². The Morgan fingerprint density at radius 2 is 1.75 bits per heavy atom. The summed E-state index contributed by atoms with van der Waals surface area (Å²) in [4.78, 5) is 46.0. The van der Waals surface area contributed by atoms with Gasteiger partial charge in [0.1, 0.15) is 12.4 Å². The Labute approximate surface area is 238 Å². The lowest BCUT2D eigenvalue weighted by Crippen LogP contribution is -2.65. The quantitative estimate of drug-likeness (QED) is 0.399. The number of hydrogen-bond acceptors (Lipinski definition) is 5. The van der Waals surface area contributed by atoms with E-state index in [1.807, 2.05) is 26.0 Å². The molecular formula is C34H43N3O3. The molecule has 6 nitrogen and oxygen atoms in total. The van der Waals surface area contributed by atoms with Gasteiger partial charge in [0, 0.05) is 35.1 Å². The third-order valence-electron chi connectivity index (χ3n) is 12.8. The fraction of sp³-hybridized carbons (Fsp3) is 0.676. The number of nitriles is 1. The van der Waals surface area contributed by atoms with Crippen molar-refractivity contribution in [3.8, 4) is 6.07 Å². The second kappa shape index (κ2) is 8.37. The highest BCUT2D eigenvalue weighted by atomic mass is 16.2. The Morgan fingerprint density at radius 3 is 2.40 bits per heavy atom. The first-order chi connectivity index (χ1) is 18.6. The van der Waals surface area contributed by atoms with Crippen LogP contribution < -0.4 is 0 Å². The van der Waals surface area contributed by atoms with Gasteiger partial charge in [-0.3, -0.25) is 19.0 Å². The van der Waals surface area contributed by atoms with Gasteiger partial charge in [-0.2, -0.15) is 5.26 Å². The predicted octanol–water partition coefficient (Wildman–Crippen LogP) is 6.60. The molecule has 5 aliphatic rings. The van der Waals surface area contributed by atoms with Crippen LogP contribution in [0.25, 0.3) is 0 Å². The van der Waals surface area contributed by atoms with Crippen LogP contribution >= 0.6 is 0 Å². The Morgan fingerprint density at radius 1 is 1.02 bits per heavy atom. The van der Waals surface area contributed by atoms with Gasteiger partial charge >= 0.3 is 0 Å². The Balaban J connectivity index is 1.54. The number of ketones is 2. The second-order valence-corrected chi connectivity index (χ2v) is 15.6. The maximum Gasteiger partial charge on any atom is 0.235 e. The lowest BCUT2D eigenvalue weighted by atomic mass is 9.35. The van der Waals surface area contributed by atoms with Crippen molar-refractivity contribution in [2.45, 2.75) is 87.0 Å². The Bertz CT molecular complexity index is 1410. The number of Topliss-reactive ketones (excluding diaryl/α,β-unsaturated/α-hetero) is 1. The van der Waals surface area contributed by atoms with Crippen LogP contribution in [0.2, 0.25) is 0 Å². The summed E-state index contributed by atoms with van der Waals surface area (Å²) in [5.74, 6) is 0.175. The second-order valence-electron chi connectivity index (χ2n) is 15.6. The molecule has 3 unspecified atom stereocenters. The zero-order chi connectivity index (χ0) is 29.0. The third kappa shape index (κ3) is 3.39. The maximum atomic E-state index is 14.5. The van der Waals surface area contributed by atoms with Crippen LogP contribution in [-0.4, -0.2) is 27.0 Å². The molecule has 40 heavy (non-hydrogen) atoms. The molecular weight excluding hydrogens is 498 g/mol. The highest BCUT2D eigenvalue weighted by molar-refractivity contribution is 6.04. The SMILES string of the molecule is CC1(C)CCC2C(C1)C1C(=O)C=C3[C@@]4(C)C=C(C#N)C(=O)C(C)(C)[C@@H]4CC[C@@]3(C)[C@]1(C)C[C@@H]2C(=O)n1ccnc1. The minimum Gasteiger partial charge on any atom is -0.295 e. The van der Waals surface area contributed by atoms with Crippen LogP contribution in [0, 0.1) is 68.0 Å². The fourth-order valence-corrected chi connectivity index (χ4v) is 10.7. The normalized spacial score (nSPS) is 43.2. The summed E-state index contributed by atoms with van der Waals surface area (Å²) in [5.41, 5.74) is -0.646. The summed E-state index contributed by atoms with van der Waals surface area (Å²) in [7, 11) is 0. The molecule has 1 aromatic rings. The summed E-state index contributed by atoms with van der Waals surface area (Å²) in [5, 5.41) is 9.94. The van der Waals surface area contributed by atoms with Crippen molar-refractivity contribution in [1.29, 1.82) is 5.26 Å². The van der Waals surface area contributed by atoms with Gasteiger partial charge in [-0.1, -0.05) is 60.1 Å². The number of rotatable bonds is 1. The van der Waals surface area contributed by atoms with E-state index in [2.05, 4.69) is 45.7 Å². The van der Waals surface area contributed by atoms with E-state index in [4.69, 9.17) is 0 Å². The van der Waals surface area contributed by atoms with Crippen molar-refractivity contribution in [2.75, 3.05) is 0 Å². The van der Waals surface area contributed by atoms with Crippen molar-refractivity contribution in [3.63, 3.8) is 0 Å². The van der Waals surface area contributed by atoms with E-state index < -0.39 is 16.2 Å². The van der Waals surface area contributed by atoms with E-state index >= 15 is 0 Å². The van der Waals surface area contributed by atoms with Gasteiger partial charge in [0.05, 0.1) is 5.57 Å². The van der Waals surface area contributed by atoms with Crippen molar-refractivity contribution in [3.05, 3.63) is 42.0 Å². The van der Waals surface area contributed by atoms with Crippen molar-refractivity contribution < 1.29 is 14.4 Å². The van der Waals surface area contributed by atoms with E-state index in [1.54, 1.807) is 23.3 Å². The van der Waals surface area contributed by atoms with Crippen molar-refractivity contribution >= 4 is 17.5 Å². The molecule has 6 rings (SSSR count). The van der Waals surface area contributed by atoms with Crippen LogP contribution in [-0.2, 0) is 9.59 Å². The van der Waals surface area contributed by atoms with Crippen molar-refractivity contribution in [2.24, 2.45) is 56.7 Å². The Hall–Kier alpha value is -2.81. The van der Waals surface area contributed by atoms with Gasteiger partial charge in [-0.25, -0.2) is 4.98 Å². The summed E-state index contributed by atoms with van der Waals surface area (Å²) < 4.78 is 1.64. The standard InChI is InChI=1S/C34H43N3O3/c1-30(2)10-8-21-22(16-30)27-24(38)14-26-32(5)15-20(18-35)28(39)31(3,4)25(32)9-11-33(26,6)34(27,7)17-23(21)29(40)37-13-12-36-19-37/h12-15,19,21-23,25,27H,8-11,16-17H2,1-7H3/t21?,22?,23-,25-,27?,32-,33+,34+/m0/s1. The maximum absolute atomic E-state index is 14.5. The molecule has 0 N–H and O–H groups in total. The lowest BCUT2D eigenvalue weighted by molar-refractivity contribution is -0.161. The summed E-state index contributed by atoms with van der Waals surface area (Å²) in [6.07, 6.45) is 14.2. The molecule has 1 heterocycles. The van der Waals surface area contributed by atoms with Crippen LogP contribution in [0.15, 0.2) is 42.0 Å². The average Bonchev–Trinajstić information content (AvgIpc) is 3.41. The molecule has 0 bridgehead atoms. The lowest BCUT2D eigenvalue weighted by Gasteiger charge is -2.68. The molecule has 3 fully saturated rings. The smallest absolute Gasteiger partial charge is 0.235 e. The number of carbonyl (C=O) groups is 3. The minimum absolute atomic E-state index is 0.00482. The zero-order valence-electron chi connectivity index (χ0n) is 25.1. The molecule has 0 radical (unpaired) electrons. The highest BCUT2D eigenvalue weighted by Crippen LogP contribution is 2.73. The molecule has 6 heteroatoms. The number of aromatic nitrogens is 2. The fourth-order valence-electron chi connectivity index (χ4n) is 10.7. The van der Waals surface area contributed by atoms with E-state index in [-0.39, 0.29) is 63.5 Å². The monoisotopic (exact) mass is 541 g/mol. The number of allylic oxidation sites excluding steroid dienone is 4. The van der Waals surface area contributed by atoms with Crippen molar-refractivity contribution in [1.82, 2.24) is 9.55 Å². The molecule has 212 valence electrons. The molecule has 0 spiro atoms. The van der Waals surface area contributed by atoms with E-state index in [1.165, 1.54) is 0 Å². The molecule has 3 saturated carbocycles. The number of nitrogens with zero attached hydrogens (tertiary/aromatic N) is 3. The minimum atomic E-state index is -0.692. The first-order valence-electron chi connectivity index (χ1n) is 15.1. The molecule has 0 amide bonds. The number of fused-ring (bicyclic) bond motifs is 7. The zero-order valence-corrected chi connectivity index (χ0v) is 25.1. The molecule has 5 aliphatic carbocycles. The van der Waals surface area contributed by atoms with E-state index in [9.17, 15) is 19.6 Å². The number of hydrogen-bond donors (Lipinski definition) is 0. The van der Waals surface area contributed by atoms with Crippen LogP contribution in [0.5, 0.6) is 0 Å². The van der Waals surface area contributed by atoms with Gasteiger partial charge in [-0.15, -0.1) is 0 Å². The summed E-state index contributed by atoms with van der Waals surface area (Å²) >= 11 is 0.